The van der Waals surface area contributed by atoms with Crippen LogP contribution in [-0.4, -0.2) is 21.2 Å². The third-order valence-electron chi connectivity index (χ3n) is 1.55. The highest BCUT2D eigenvalue weighted by Gasteiger charge is 2.38. The zero-order valence-electron chi connectivity index (χ0n) is 6.07. The van der Waals surface area contributed by atoms with Gasteiger partial charge in [0, 0.05) is 5.70 Å². The molecule has 0 fully saturated rings. The molecule has 1 rings (SSSR count). The number of nitrogens with two attached hydrogens (primary N) is 1. The molecule has 0 aromatic rings. The number of hydrogen-bond donors (Lipinski definition) is 3. The zero-order valence-corrected chi connectivity index (χ0v) is 6.82. The summed E-state index contributed by atoms with van der Waals surface area (Å²) in [6.45, 7) is 0. The second-order valence-electron chi connectivity index (χ2n) is 2.55. The van der Waals surface area contributed by atoms with Gasteiger partial charge in [0.05, 0.1) is 0 Å². The van der Waals surface area contributed by atoms with Crippen LogP contribution in [0.15, 0.2) is 23.9 Å². The molecule has 4 N–H and O–H groups in total. The van der Waals surface area contributed by atoms with Gasteiger partial charge in [-0.05, 0) is 12.2 Å². The van der Waals surface area contributed by atoms with Crippen LogP contribution in [0.1, 0.15) is 0 Å². The molecule has 1 aliphatic rings. The second kappa shape index (κ2) is 2.80. The minimum absolute atomic E-state index is 0.255. The summed E-state index contributed by atoms with van der Waals surface area (Å²) < 4.78 is 0. The van der Waals surface area contributed by atoms with E-state index >= 15 is 0 Å². The third kappa shape index (κ3) is 1.60. The summed E-state index contributed by atoms with van der Waals surface area (Å²) in [5.41, 5.74) is 5.56. The highest BCUT2D eigenvalue weighted by molar-refractivity contribution is 6.25. The number of aliphatic carboxylic acids is 1. The maximum absolute atomic E-state index is 10.5. The van der Waals surface area contributed by atoms with Crippen molar-refractivity contribution in [2.75, 3.05) is 0 Å². The van der Waals surface area contributed by atoms with Crippen molar-refractivity contribution in [2.24, 2.45) is 11.7 Å². The summed E-state index contributed by atoms with van der Waals surface area (Å²) in [5.74, 6) is -2.33. The van der Waals surface area contributed by atoms with Crippen LogP contribution in [0.2, 0.25) is 0 Å². The van der Waals surface area contributed by atoms with Crippen molar-refractivity contribution in [2.45, 2.75) is 5.06 Å². The first-order valence-corrected chi connectivity index (χ1v) is 3.62. The molecule has 2 unspecified atom stereocenters. The van der Waals surface area contributed by atoms with E-state index in [9.17, 15) is 9.90 Å². The molecule has 0 aromatic carbocycles. The van der Waals surface area contributed by atoms with Crippen molar-refractivity contribution in [1.29, 1.82) is 0 Å². The molecule has 0 bridgehead atoms. The van der Waals surface area contributed by atoms with Crippen LogP contribution in [0, 0.1) is 5.92 Å². The average Bonchev–Trinajstić information content (AvgIpc) is 1.82. The van der Waals surface area contributed by atoms with Crippen LogP contribution in [0.4, 0.5) is 0 Å². The maximum atomic E-state index is 10.5. The first kappa shape index (κ1) is 9.09. The van der Waals surface area contributed by atoms with Gasteiger partial charge >= 0.3 is 5.97 Å². The number of aliphatic hydroxyl groups is 1. The van der Waals surface area contributed by atoms with Gasteiger partial charge in [0.15, 0.2) is 5.06 Å². The van der Waals surface area contributed by atoms with E-state index in [1.54, 1.807) is 0 Å². The number of carboxylic acid groups (broad SMARTS) is 1. The van der Waals surface area contributed by atoms with Gasteiger partial charge in [-0.1, -0.05) is 17.7 Å². The van der Waals surface area contributed by atoms with Gasteiger partial charge in [-0.3, -0.25) is 4.79 Å². The summed E-state index contributed by atoms with van der Waals surface area (Å²) in [5, 5.41) is 16.0. The summed E-state index contributed by atoms with van der Waals surface area (Å²) in [6, 6.07) is 0. The summed E-state index contributed by atoms with van der Waals surface area (Å²) in [7, 11) is 0. The molecule has 0 heterocycles. The molecule has 66 valence electrons. The maximum Gasteiger partial charge on any atom is 0.314 e. The van der Waals surface area contributed by atoms with Crippen LogP contribution in [0.5, 0.6) is 0 Å². The second-order valence-corrected chi connectivity index (χ2v) is 3.15. The first-order chi connectivity index (χ1) is 5.43. The fourth-order valence-electron chi connectivity index (χ4n) is 0.969. The van der Waals surface area contributed by atoms with Crippen molar-refractivity contribution in [3.05, 3.63) is 23.9 Å². The Morgan fingerprint density at radius 3 is 2.75 bits per heavy atom. The van der Waals surface area contributed by atoms with Crippen molar-refractivity contribution in [3.8, 4) is 0 Å². The van der Waals surface area contributed by atoms with Crippen LogP contribution < -0.4 is 5.73 Å². The first-order valence-electron chi connectivity index (χ1n) is 3.24. The zero-order chi connectivity index (χ0) is 9.35. The largest absolute Gasteiger partial charge is 0.481 e. The molecule has 0 spiro atoms. The van der Waals surface area contributed by atoms with Gasteiger partial charge in [0.25, 0.3) is 0 Å². The number of alkyl halides is 1. The minimum Gasteiger partial charge on any atom is -0.481 e. The van der Waals surface area contributed by atoms with Gasteiger partial charge < -0.3 is 15.9 Å². The van der Waals surface area contributed by atoms with E-state index < -0.39 is 16.9 Å². The van der Waals surface area contributed by atoms with Gasteiger partial charge in [-0.15, -0.1) is 0 Å². The van der Waals surface area contributed by atoms with Crippen molar-refractivity contribution < 1.29 is 15.0 Å². The number of carbonyl (C=O) groups is 1. The lowest BCUT2D eigenvalue weighted by Gasteiger charge is -2.24. The van der Waals surface area contributed by atoms with E-state index in [-0.39, 0.29) is 5.70 Å². The molecule has 0 saturated heterocycles. The van der Waals surface area contributed by atoms with Gasteiger partial charge in [0.2, 0.25) is 0 Å². The monoisotopic (exact) mass is 189 g/mol. The molecule has 0 saturated carbocycles. The molecular formula is C7H8ClNO3. The standard InChI is InChI=1S/C7H8ClNO3/c8-7(12)3-4(9)1-2-5(7)6(10)11/h1-3,5,12H,9H2,(H,10,11). The smallest absolute Gasteiger partial charge is 0.314 e. The molecule has 4 nitrogen and oxygen atoms in total. The van der Waals surface area contributed by atoms with E-state index in [2.05, 4.69) is 0 Å². The predicted octanol–water partition coefficient (Wildman–Crippen LogP) is 0.0270. The Morgan fingerprint density at radius 1 is 1.75 bits per heavy atom. The predicted molar refractivity (Wildman–Crippen MR) is 43.3 cm³/mol. The SMILES string of the molecule is NC1=CC(O)(Cl)C(C(=O)O)C=C1. The van der Waals surface area contributed by atoms with Gasteiger partial charge in [-0.25, -0.2) is 0 Å². The fraction of sp³-hybridized carbons (Fsp3) is 0.286. The Balaban J connectivity index is 2.96. The number of rotatable bonds is 1. The molecule has 0 amide bonds. The Hall–Kier alpha value is -1.00. The Labute approximate surface area is 73.9 Å². The molecule has 0 aromatic heterocycles. The van der Waals surface area contributed by atoms with Crippen LogP contribution in [0.3, 0.4) is 0 Å². The molecule has 2 atom stereocenters. The lowest BCUT2D eigenvalue weighted by Crippen LogP contribution is -2.36. The van der Waals surface area contributed by atoms with Gasteiger partial charge in [-0.2, -0.15) is 0 Å². The normalized spacial score (nSPS) is 34.5. The van der Waals surface area contributed by atoms with E-state index in [4.69, 9.17) is 22.4 Å². The quantitative estimate of drug-likeness (QED) is 0.508. The molecular weight excluding hydrogens is 182 g/mol. The van der Waals surface area contributed by atoms with Crippen LogP contribution in [-0.2, 0) is 4.79 Å². The fourth-order valence-corrected chi connectivity index (χ4v) is 1.26. The van der Waals surface area contributed by atoms with Crippen molar-refractivity contribution >= 4 is 17.6 Å². The number of allylic oxidation sites excluding steroid dienone is 1. The number of halogens is 1. The van der Waals surface area contributed by atoms with Crippen LogP contribution in [0.25, 0.3) is 0 Å². The van der Waals surface area contributed by atoms with E-state index in [1.165, 1.54) is 12.2 Å². The molecule has 12 heavy (non-hydrogen) atoms. The Kier molecular flexibility index (Phi) is 2.12. The van der Waals surface area contributed by atoms with Gasteiger partial charge in [0.1, 0.15) is 5.92 Å². The number of hydrogen-bond acceptors (Lipinski definition) is 3. The van der Waals surface area contributed by atoms with E-state index in [1.807, 2.05) is 0 Å². The third-order valence-corrected chi connectivity index (χ3v) is 1.90. The van der Waals surface area contributed by atoms with E-state index in [0.29, 0.717) is 0 Å². The topological polar surface area (TPSA) is 83.5 Å². The Morgan fingerprint density at radius 2 is 2.33 bits per heavy atom. The van der Waals surface area contributed by atoms with E-state index in [0.717, 1.165) is 6.08 Å². The molecule has 1 aliphatic carbocycles. The lowest BCUT2D eigenvalue weighted by molar-refractivity contribution is -0.143. The van der Waals surface area contributed by atoms with Crippen molar-refractivity contribution in [1.82, 2.24) is 0 Å². The highest BCUT2D eigenvalue weighted by Crippen LogP contribution is 2.29. The molecule has 0 aliphatic heterocycles. The lowest BCUT2D eigenvalue weighted by atomic mass is 9.96. The Bertz CT molecular complexity index is 270. The molecule has 0 radical (unpaired) electrons. The minimum atomic E-state index is -1.91. The van der Waals surface area contributed by atoms with Crippen molar-refractivity contribution in [3.63, 3.8) is 0 Å². The molecule has 5 heteroatoms. The summed E-state index contributed by atoms with van der Waals surface area (Å²) in [6.07, 6.45) is 3.76. The van der Waals surface area contributed by atoms with Crippen LogP contribution >= 0.6 is 11.6 Å². The number of carboxylic acids is 1. The average molecular weight is 190 g/mol. The summed E-state index contributed by atoms with van der Waals surface area (Å²) in [4.78, 5) is 10.5. The summed E-state index contributed by atoms with van der Waals surface area (Å²) >= 11 is 5.49. The highest BCUT2D eigenvalue weighted by atomic mass is 35.5.